The summed E-state index contributed by atoms with van der Waals surface area (Å²) in [6.07, 6.45) is 2.88. The van der Waals surface area contributed by atoms with Crippen molar-refractivity contribution in [2.45, 2.75) is 26.7 Å². The quantitative estimate of drug-likeness (QED) is 0.783. The average Bonchev–Trinajstić information content (AvgIpc) is 2.75. The predicted octanol–water partition coefficient (Wildman–Crippen LogP) is 1.82. The Morgan fingerprint density at radius 3 is 2.31 bits per heavy atom. The number of rotatable bonds is 3. The fourth-order valence-corrected chi connectivity index (χ4v) is 3.92. The Bertz CT molecular complexity index is 233. The fraction of sp³-hybridized carbons (Fsp3) is 1.00. The highest BCUT2D eigenvalue weighted by atomic mass is 15.1. The van der Waals surface area contributed by atoms with E-state index in [1.807, 2.05) is 0 Å². The number of nitrogens with one attached hydrogen (secondary N) is 1. The fourth-order valence-electron chi connectivity index (χ4n) is 3.92. The summed E-state index contributed by atoms with van der Waals surface area (Å²) >= 11 is 0. The molecule has 3 aliphatic rings. The lowest BCUT2D eigenvalue weighted by molar-refractivity contribution is 0.148. The van der Waals surface area contributed by atoms with Gasteiger partial charge in [0.2, 0.25) is 0 Å². The monoisotopic (exact) mass is 222 g/mol. The van der Waals surface area contributed by atoms with Gasteiger partial charge in [-0.15, -0.1) is 0 Å². The van der Waals surface area contributed by atoms with Crippen molar-refractivity contribution in [3.63, 3.8) is 0 Å². The Balaban J connectivity index is 1.42. The van der Waals surface area contributed by atoms with Gasteiger partial charge in [0.05, 0.1) is 0 Å². The summed E-state index contributed by atoms with van der Waals surface area (Å²) < 4.78 is 0. The van der Waals surface area contributed by atoms with Crippen molar-refractivity contribution in [1.82, 2.24) is 10.2 Å². The van der Waals surface area contributed by atoms with Crippen LogP contribution >= 0.6 is 0 Å². The van der Waals surface area contributed by atoms with Crippen LogP contribution in [-0.4, -0.2) is 37.6 Å². The van der Waals surface area contributed by atoms with E-state index in [2.05, 4.69) is 24.1 Å². The van der Waals surface area contributed by atoms with Crippen molar-refractivity contribution in [2.24, 2.45) is 29.6 Å². The number of nitrogens with zero attached hydrogens (tertiary/aromatic N) is 1. The van der Waals surface area contributed by atoms with Gasteiger partial charge in [-0.05, 0) is 68.6 Å². The van der Waals surface area contributed by atoms with E-state index in [1.165, 1.54) is 45.6 Å². The number of piperidine rings is 2. The molecule has 0 spiro atoms. The first-order chi connectivity index (χ1) is 7.75. The maximum Gasteiger partial charge on any atom is 0.00161 e. The molecule has 1 aliphatic carbocycles. The van der Waals surface area contributed by atoms with E-state index in [1.54, 1.807) is 0 Å². The van der Waals surface area contributed by atoms with Gasteiger partial charge < -0.3 is 10.2 Å². The molecule has 1 unspecified atom stereocenters. The van der Waals surface area contributed by atoms with Gasteiger partial charge in [-0.25, -0.2) is 0 Å². The zero-order valence-corrected chi connectivity index (χ0v) is 10.8. The van der Waals surface area contributed by atoms with Crippen LogP contribution in [0.25, 0.3) is 0 Å². The van der Waals surface area contributed by atoms with Crippen molar-refractivity contribution in [3.8, 4) is 0 Å². The zero-order valence-electron chi connectivity index (χ0n) is 10.8. The summed E-state index contributed by atoms with van der Waals surface area (Å²) in [5.41, 5.74) is 0. The highest BCUT2D eigenvalue weighted by Crippen LogP contribution is 2.49. The Labute approximate surface area is 99.8 Å². The van der Waals surface area contributed by atoms with E-state index < -0.39 is 0 Å². The minimum atomic E-state index is 0.895. The highest BCUT2D eigenvalue weighted by molar-refractivity contribution is 5.05. The minimum Gasteiger partial charge on any atom is -0.316 e. The van der Waals surface area contributed by atoms with Crippen LogP contribution < -0.4 is 5.32 Å². The standard InChI is InChI=1S/C14H26N2/c1-10(2)11-3-5-16(6-4-11)9-14-12-7-15-8-13(12)14/h10-15H,3-9H2,1-2H3/t12-,13+,14?. The molecule has 0 aromatic carbocycles. The van der Waals surface area contributed by atoms with Crippen molar-refractivity contribution >= 4 is 0 Å². The van der Waals surface area contributed by atoms with Gasteiger partial charge >= 0.3 is 0 Å². The molecule has 3 atom stereocenters. The third-order valence-corrected chi connectivity index (χ3v) is 5.31. The van der Waals surface area contributed by atoms with E-state index in [0.29, 0.717) is 0 Å². The molecule has 0 bridgehead atoms. The van der Waals surface area contributed by atoms with Gasteiger partial charge in [-0.3, -0.25) is 0 Å². The van der Waals surface area contributed by atoms with Gasteiger partial charge in [-0.2, -0.15) is 0 Å². The van der Waals surface area contributed by atoms with Crippen LogP contribution in [0.4, 0.5) is 0 Å². The maximum atomic E-state index is 3.49. The van der Waals surface area contributed by atoms with Gasteiger partial charge in [0.1, 0.15) is 0 Å². The van der Waals surface area contributed by atoms with E-state index >= 15 is 0 Å². The summed E-state index contributed by atoms with van der Waals surface area (Å²) in [4.78, 5) is 2.74. The van der Waals surface area contributed by atoms with Gasteiger partial charge in [0, 0.05) is 6.54 Å². The Kier molecular flexibility index (Phi) is 2.97. The topological polar surface area (TPSA) is 15.3 Å². The lowest BCUT2D eigenvalue weighted by atomic mass is 9.86. The third kappa shape index (κ3) is 2.02. The van der Waals surface area contributed by atoms with E-state index in [-0.39, 0.29) is 0 Å². The molecule has 2 heterocycles. The summed E-state index contributed by atoms with van der Waals surface area (Å²) in [6, 6.07) is 0. The molecule has 3 rings (SSSR count). The third-order valence-electron chi connectivity index (χ3n) is 5.31. The Morgan fingerprint density at radius 1 is 1.12 bits per heavy atom. The van der Waals surface area contributed by atoms with Gasteiger partial charge in [0.15, 0.2) is 0 Å². The van der Waals surface area contributed by atoms with E-state index in [0.717, 1.165) is 29.6 Å². The molecule has 0 aromatic heterocycles. The summed E-state index contributed by atoms with van der Waals surface area (Å²) in [5, 5.41) is 3.49. The molecule has 3 fully saturated rings. The van der Waals surface area contributed by atoms with Crippen molar-refractivity contribution < 1.29 is 0 Å². The average molecular weight is 222 g/mol. The molecule has 2 aliphatic heterocycles. The molecule has 1 N–H and O–H groups in total. The van der Waals surface area contributed by atoms with Gasteiger partial charge in [0.25, 0.3) is 0 Å². The van der Waals surface area contributed by atoms with Crippen LogP contribution in [0.5, 0.6) is 0 Å². The molecular weight excluding hydrogens is 196 g/mol. The number of fused-ring (bicyclic) bond motifs is 1. The molecule has 16 heavy (non-hydrogen) atoms. The van der Waals surface area contributed by atoms with E-state index in [9.17, 15) is 0 Å². The second kappa shape index (κ2) is 4.30. The Hall–Kier alpha value is -0.0800. The summed E-state index contributed by atoms with van der Waals surface area (Å²) in [5.74, 6) is 5.03. The van der Waals surface area contributed by atoms with Crippen molar-refractivity contribution in [1.29, 1.82) is 0 Å². The van der Waals surface area contributed by atoms with E-state index in [4.69, 9.17) is 0 Å². The Morgan fingerprint density at radius 2 is 1.75 bits per heavy atom. The maximum absolute atomic E-state index is 3.49. The van der Waals surface area contributed by atoms with Crippen molar-refractivity contribution in [2.75, 3.05) is 32.7 Å². The summed E-state index contributed by atoms with van der Waals surface area (Å²) in [6.45, 7) is 11.5. The first-order valence-corrected chi connectivity index (χ1v) is 7.19. The summed E-state index contributed by atoms with van der Waals surface area (Å²) in [7, 11) is 0. The smallest absolute Gasteiger partial charge is 0.00161 e. The molecule has 0 aromatic rings. The zero-order chi connectivity index (χ0) is 11.1. The SMILES string of the molecule is CC(C)C1CCN(CC2[C@H]3CNC[C@@H]23)CC1. The largest absolute Gasteiger partial charge is 0.316 e. The van der Waals surface area contributed by atoms with Crippen LogP contribution in [0.2, 0.25) is 0 Å². The van der Waals surface area contributed by atoms with Crippen molar-refractivity contribution in [3.05, 3.63) is 0 Å². The molecule has 0 amide bonds. The molecule has 2 nitrogen and oxygen atoms in total. The van der Waals surface area contributed by atoms with Crippen LogP contribution in [0.1, 0.15) is 26.7 Å². The molecule has 2 heteroatoms. The minimum absolute atomic E-state index is 0.895. The number of likely N-dealkylation sites (tertiary alicyclic amines) is 1. The molecule has 2 saturated heterocycles. The first kappa shape index (κ1) is 11.0. The second-order valence-corrected chi connectivity index (χ2v) is 6.53. The molecule has 0 radical (unpaired) electrons. The predicted molar refractivity (Wildman–Crippen MR) is 67.3 cm³/mol. The second-order valence-electron chi connectivity index (χ2n) is 6.53. The number of hydrogen-bond donors (Lipinski definition) is 1. The first-order valence-electron chi connectivity index (χ1n) is 7.19. The van der Waals surface area contributed by atoms with Crippen LogP contribution in [-0.2, 0) is 0 Å². The van der Waals surface area contributed by atoms with Crippen LogP contribution in [0.3, 0.4) is 0 Å². The van der Waals surface area contributed by atoms with Crippen LogP contribution in [0, 0.1) is 29.6 Å². The molecular formula is C14H26N2. The molecule has 1 saturated carbocycles. The van der Waals surface area contributed by atoms with Crippen LogP contribution in [0.15, 0.2) is 0 Å². The lowest BCUT2D eigenvalue weighted by Gasteiger charge is -2.34. The number of hydrogen-bond acceptors (Lipinski definition) is 2. The normalized spacial score (nSPS) is 40.3. The lowest BCUT2D eigenvalue weighted by Crippen LogP contribution is -2.37. The molecule has 92 valence electrons. The van der Waals surface area contributed by atoms with Gasteiger partial charge in [-0.1, -0.05) is 13.8 Å². The highest BCUT2D eigenvalue weighted by Gasteiger charge is 2.52.